The van der Waals surface area contributed by atoms with Crippen LogP contribution in [-0.4, -0.2) is 9.55 Å². The Kier molecular flexibility index (Phi) is 2.42. The predicted octanol–water partition coefficient (Wildman–Crippen LogP) is 3.40. The van der Waals surface area contributed by atoms with E-state index in [1.54, 1.807) is 0 Å². The Balaban J connectivity index is 1.85. The second kappa shape index (κ2) is 3.80. The average molecular weight is 274 g/mol. The standard InChI is InChI=1S/C17H26N2O/c1-16(2,3)14-10-18-15(20)19(14)17-7-11-4-12(8-17)6-13(5-11)9-17/h10-13H,4-9H2,1-3H3,(H,18,20). The smallest absolute Gasteiger partial charge is 0.312 e. The van der Waals surface area contributed by atoms with E-state index in [1.807, 2.05) is 6.20 Å². The van der Waals surface area contributed by atoms with E-state index in [0.29, 0.717) is 0 Å². The summed E-state index contributed by atoms with van der Waals surface area (Å²) >= 11 is 0. The number of imidazole rings is 1. The van der Waals surface area contributed by atoms with Crippen LogP contribution in [0.3, 0.4) is 0 Å². The molecule has 4 saturated carbocycles. The van der Waals surface area contributed by atoms with Crippen molar-refractivity contribution >= 4 is 0 Å². The zero-order valence-corrected chi connectivity index (χ0v) is 12.9. The van der Waals surface area contributed by atoms with Crippen molar-refractivity contribution in [3.05, 3.63) is 22.4 Å². The highest BCUT2D eigenvalue weighted by atomic mass is 16.1. The van der Waals surface area contributed by atoms with Crippen molar-refractivity contribution in [3.63, 3.8) is 0 Å². The van der Waals surface area contributed by atoms with Crippen LogP contribution in [0.4, 0.5) is 0 Å². The zero-order valence-electron chi connectivity index (χ0n) is 12.9. The van der Waals surface area contributed by atoms with Crippen LogP contribution in [0.2, 0.25) is 0 Å². The van der Waals surface area contributed by atoms with Crippen molar-refractivity contribution in [3.8, 4) is 0 Å². The third-order valence-corrected chi connectivity index (χ3v) is 6.03. The molecule has 3 nitrogen and oxygen atoms in total. The molecule has 20 heavy (non-hydrogen) atoms. The second-order valence-corrected chi connectivity index (χ2v) is 8.71. The van der Waals surface area contributed by atoms with Gasteiger partial charge in [-0.2, -0.15) is 0 Å². The van der Waals surface area contributed by atoms with Gasteiger partial charge in [-0.25, -0.2) is 4.79 Å². The van der Waals surface area contributed by atoms with E-state index in [1.165, 1.54) is 44.2 Å². The van der Waals surface area contributed by atoms with Crippen LogP contribution in [0.15, 0.2) is 11.0 Å². The molecule has 0 spiro atoms. The third kappa shape index (κ3) is 1.68. The summed E-state index contributed by atoms with van der Waals surface area (Å²) in [6.45, 7) is 6.64. The maximum Gasteiger partial charge on any atom is 0.326 e. The van der Waals surface area contributed by atoms with Gasteiger partial charge in [0.15, 0.2) is 0 Å². The van der Waals surface area contributed by atoms with Crippen molar-refractivity contribution in [2.75, 3.05) is 0 Å². The molecule has 0 unspecified atom stereocenters. The number of H-pyrrole nitrogens is 1. The molecule has 4 aliphatic carbocycles. The molecular formula is C17H26N2O. The first-order valence-corrected chi connectivity index (χ1v) is 8.19. The lowest BCUT2D eigenvalue weighted by molar-refractivity contribution is -0.0469. The van der Waals surface area contributed by atoms with Gasteiger partial charge >= 0.3 is 5.69 Å². The molecule has 5 rings (SSSR count). The topological polar surface area (TPSA) is 37.8 Å². The van der Waals surface area contributed by atoms with E-state index >= 15 is 0 Å². The van der Waals surface area contributed by atoms with Gasteiger partial charge in [-0.15, -0.1) is 0 Å². The van der Waals surface area contributed by atoms with Crippen molar-refractivity contribution in [2.24, 2.45) is 17.8 Å². The van der Waals surface area contributed by atoms with E-state index in [2.05, 4.69) is 30.3 Å². The lowest BCUT2D eigenvalue weighted by atomic mass is 9.52. The number of aromatic nitrogens is 2. The summed E-state index contributed by atoms with van der Waals surface area (Å²) < 4.78 is 2.18. The van der Waals surface area contributed by atoms with Crippen LogP contribution in [-0.2, 0) is 11.0 Å². The molecule has 4 aliphatic rings. The molecule has 0 radical (unpaired) electrons. The van der Waals surface area contributed by atoms with E-state index in [4.69, 9.17) is 0 Å². The van der Waals surface area contributed by atoms with E-state index in [9.17, 15) is 4.79 Å². The minimum absolute atomic E-state index is 0.0302. The lowest BCUT2D eigenvalue weighted by Crippen LogP contribution is -2.55. The Morgan fingerprint density at radius 1 is 1.10 bits per heavy atom. The fourth-order valence-electron chi connectivity index (χ4n) is 5.73. The molecule has 0 aromatic carbocycles. The Morgan fingerprint density at radius 2 is 1.60 bits per heavy atom. The Morgan fingerprint density at radius 3 is 2.05 bits per heavy atom. The van der Waals surface area contributed by atoms with Crippen LogP contribution in [0, 0.1) is 17.8 Å². The summed E-state index contributed by atoms with van der Waals surface area (Å²) in [4.78, 5) is 15.5. The molecule has 3 heteroatoms. The molecule has 1 heterocycles. The molecule has 1 N–H and O–H groups in total. The van der Waals surface area contributed by atoms with Crippen LogP contribution in [0.5, 0.6) is 0 Å². The van der Waals surface area contributed by atoms with Gasteiger partial charge in [0.2, 0.25) is 0 Å². The van der Waals surface area contributed by atoms with Gasteiger partial charge in [-0.05, 0) is 56.3 Å². The summed E-state index contributed by atoms with van der Waals surface area (Å²) in [6, 6.07) is 0. The minimum Gasteiger partial charge on any atom is -0.312 e. The normalized spacial score (nSPS) is 39.5. The maximum atomic E-state index is 12.5. The van der Waals surface area contributed by atoms with Gasteiger partial charge in [-0.3, -0.25) is 4.57 Å². The van der Waals surface area contributed by atoms with E-state index < -0.39 is 0 Å². The van der Waals surface area contributed by atoms with Crippen molar-refractivity contribution in [1.82, 2.24) is 9.55 Å². The molecule has 4 bridgehead atoms. The summed E-state index contributed by atoms with van der Waals surface area (Å²) in [7, 11) is 0. The summed E-state index contributed by atoms with van der Waals surface area (Å²) in [5.41, 5.74) is 1.48. The summed E-state index contributed by atoms with van der Waals surface area (Å²) in [5.74, 6) is 2.61. The first-order valence-electron chi connectivity index (χ1n) is 8.19. The zero-order chi connectivity index (χ0) is 14.1. The van der Waals surface area contributed by atoms with Gasteiger partial charge in [0.05, 0.1) is 5.54 Å². The van der Waals surface area contributed by atoms with Crippen molar-refractivity contribution in [2.45, 2.75) is 70.3 Å². The van der Waals surface area contributed by atoms with Crippen molar-refractivity contribution < 1.29 is 0 Å². The van der Waals surface area contributed by atoms with Crippen LogP contribution >= 0.6 is 0 Å². The maximum absolute atomic E-state index is 12.5. The fraction of sp³-hybridized carbons (Fsp3) is 0.824. The van der Waals surface area contributed by atoms with Crippen LogP contribution < -0.4 is 5.69 Å². The SMILES string of the molecule is CC(C)(C)c1c[nH]c(=O)n1C12CC3CC(CC(C3)C1)C2. The van der Waals surface area contributed by atoms with Gasteiger partial charge in [0.25, 0.3) is 0 Å². The molecular weight excluding hydrogens is 248 g/mol. The number of nitrogens with zero attached hydrogens (tertiary/aromatic N) is 1. The second-order valence-electron chi connectivity index (χ2n) is 8.71. The summed E-state index contributed by atoms with van der Waals surface area (Å²) in [5, 5.41) is 0. The fourth-order valence-corrected chi connectivity index (χ4v) is 5.73. The molecule has 110 valence electrons. The molecule has 4 fully saturated rings. The largest absolute Gasteiger partial charge is 0.326 e. The number of aromatic amines is 1. The highest BCUT2D eigenvalue weighted by molar-refractivity contribution is 5.17. The number of hydrogen-bond donors (Lipinski definition) is 1. The number of hydrogen-bond acceptors (Lipinski definition) is 1. The molecule has 0 aliphatic heterocycles. The first-order chi connectivity index (χ1) is 9.37. The van der Waals surface area contributed by atoms with Gasteiger partial charge in [0, 0.05) is 17.3 Å². The molecule has 1 aromatic rings. The quantitative estimate of drug-likeness (QED) is 0.837. The van der Waals surface area contributed by atoms with Crippen molar-refractivity contribution in [1.29, 1.82) is 0 Å². The Hall–Kier alpha value is -0.990. The Bertz CT molecular complexity index is 552. The van der Waals surface area contributed by atoms with Crippen LogP contribution in [0.25, 0.3) is 0 Å². The van der Waals surface area contributed by atoms with E-state index in [-0.39, 0.29) is 16.6 Å². The molecule has 0 amide bonds. The van der Waals surface area contributed by atoms with Gasteiger partial charge < -0.3 is 4.98 Å². The molecule has 0 atom stereocenters. The lowest BCUT2D eigenvalue weighted by Gasteiger charge is -2.57. The van der Waals surface area contributed by atoms with Crippen LogP contribution in [0.1, 0.15) is 65.0 Å². The highest BCUT2D eigenvalue weighted by Crippen LogP contribution is 2.59. The van der Waals surface area contributed by atoms with Gasteiger partial charge in [0.1, 0.15) is 0 Å². The molecule has 0 saturated heterocycles. The molecule has 1 aromatic heterocycles. The number of nitrogens with one attached hydrogen (secondary N) is 1. The third-order valence-electron chi connectivity index (χ3n) is 6.03. The first kappa shape index (κ1) is 12.7. The van der Waals surface area contributed by atoms with E-state index in [0.717, 1.165) is 17.8 Å². The average Bonchev–Trinajstić information content (AvgIpc) is 2.69. The monoisotopic (exact) mass is 274 g/mol. The van der Waals surface area contributed by atoms with Gasteiger partial charge in [-0.1, -0.05) is 20.8 Å². The minimum atomic E-state index is 0.0302. The predicted molar refractivity (Wildman–Crippen MR) is 79.9 cm³/mol. The highest BCUT2D eigenvalue weighted by Gasteiger charge is 2.53. The Labute approximate surface area is 120 Å². The number of rotatable bonds is 1. The summed E-state index contributed by atoms with van der Waals surface area (Å²) in [6.07, 6.45) is 9.93.